The topological polar surface area (TPSA) is 46.3 Å². The van der Waals surface area contributed by atoms with Crippen molar-refractivity contribution in [3.63, 3.8) is 0 Å². The molecule has 3 nitrogen and oxygen atoms in total. The quantitative estimate of drug-likeness (QED) is 0.762. The van der Waals surface area contributed by atoms with E-state index in [-0.39, 0.29) is 5.91 Å². The average Bonchev–Trinajstić information content (AvgIpc) is 2.53. The summed E-state index contributed by atoms with van der Waals surface area (Å²) in [6.45, 7) is 8.47. The van der Waals surface area contributed by atoms with Crippen LogP contribution in [0.5, 0.6) is 0 Å². The van der Waals surface area contributed by atoms with Crippen LogP contribution in [0, 0.1) is 23.7 Å². The first-order valence-electron chi connectivity index (χ1n) is 6.84. The number of hydrogen-bond donors (Lipinski definition) is 1. The summed E-state index contributed by atoms with van der Waals surface area (Å²) in [5, 5.41) is 0. The van der Waals surface area contributed by atoms with Crippen molar-refractivity contribution in [1.82, 2.24) is 4.90 Å². The molecule has 0 saturated carbocycles. The third kappa shape index (κ3) is 4.03. The Morgan fingerprint density at radius 1 is 1.44 bits per heavy atom. The number of rotatable bonds is 2. The van der Waals surface area contributed by atoms with E-state index in [0.717, 1.165) is 25.9 Å². The summed E-state index contributed by atoms with van der Waals surface area (Å²) in [5.41, 5.74) is 6.12. The SMILES string of the molecule is C#CCC(N)C(=O)N1CCCC(C(C)(C)C)CC1. The normalized spacial score (nSPS) is 23.1. The van der Waals surface area contributed by atoms with Gasteiger partial charge in [0.1, 0.15) is 0 Å². The molecule has 102 valence electrons. The molecule has 0 aliphatic carbocycles. The second-order valence-corrected chi connectivity index (χ2v) is 6.33. The Morgan fingerprint density at radius 2 is 2.11 bits per heavy atom. The number of nitrogens with two attached hydrogens (primary N) is 1. The largest absolute Gasteiger partial charge is 0.341 e. The molecular weight excluding hydrogens is 224 g/mol. The third-order valence-electron chi connectivity index (χ3n) is 3.92. The van der Waals surface area contributed by atoms with E-state index in [0.29, 0.717) is 17.8 Å². The fourth-order valence-corrected chi connectivity index (χ4v) is 2.63. The van der Waals surface area contributed by atoms with E-state index in [1.807, 2.05) is 4.90 Å². The number of likely N-dealkylation sites (tertiary alicyclic amines) is 1. The molecule has 1 amide bonds. The summed E-state index contributed by atoms with van der Waals surface area (Å²) in [5.74, 6) is 3.16. The Balaban J connectivity index is 2.57. The summed E-state index contributed by atoms with van der Waals surface area (Å²) < 4.78 is 0. The van der Waals surface area contributed by atoms with Crippen molar-refractivity contribution in [3.8, 4) is 12.3 Å². The van der Waals surface area contributed by atoms with Crippen LogP contribution < -0.4 is 5.73 Å². The molecule has 2 unspecified atom stereocenters. The van der Waals surface area contributed by atoms with E-state index < -0.39 is 6.04 Å². The molecule has 0 aromatic carbocycles. The maximum absolute atomic E-state index is 12.1. The van der Waals surface area contributed by atoms with E-state index in [1.165, 1.54) is 6.42 Å². The van der Waals surface area contributed by atoms with Gasteiger partial charge in [0.05, 0.1) is 6.04 Å². The summed E-state index contributed by atoms with van der Waals surface area (Å²) in [4.78, 5) is 14.0. The smallest absolute Gasteiger partial charge is 0.240 e. The number of amides is 1. The Kier molecular flexibility index (Phi) is 5.22. The zero-order valence-electron chi connectivity index (χ0n) is 11.9. The zero-order valence-corrected chi connectivity index (χ0v) is 11.9. The predicted octanol–water partition coefficient (Wildman–Crippen LogP) is 2.01. The Bertz CT molecular complexity index is 324. The monoisotopic (exact) mass is 250 g/mol. The number of carbonyl (C=O) groups is 1. The molecule has 1 fully saturated rings. The molecule has 0 aromatic rings. The Labute approximate surface area is 111 Å². The van der Waals surface area contributed by atoms with Crippen LogP contribution in [0.2, 0.25) is 0 Å². The van der Waals surface area contributed by atoms with Crippen LogP contribution in [0.4, 0.5) is 0 Å². The molecule has 1 rings (SSSR count). The Morgan fingerprint density at radius 3 is 2.67 bits per heavy atom. The van der Waals surface area contributed by atoms with Gasteiger partial charge in [-0.15, -0.1) is 12.3 Å². The number of nitrogens with zero attached hydrogens (tertiary/aromatic N) is 1. The minimum absolute atomic E-state index is 0.0162. The molecule has 1 saturated heterocycles. The van der Waals surface area contributed by atoms with Crippen LogP contribution in [0.3, 0.4) is 0 Å². The van der Waals surface area contributed by atoms with Gasteiger partial charge in [0.25, 0.3) is 0 Å². The van der Waals surface area contributed by atoms with Gasteiger partial charge in [-0.3, -0.25) is 4.79 Å². The van der Waals surface area contributed by atoms with Crippen molar-refractivity contribution in [2.45, 2.75) is 52.5 Å². The lowest BCUT2D eigenvalue weighted by Gasteiger charge is -2.30. The first-order chi connectivity index (χ1) is 8.36. The molecule has 2 atom stereocenters. The molecule has 0 bridgehead atoms. The summed E-state index contributed by atoms with van der Waals surface area (Å²) in [6, 6.07) is -0.527. The maximum atomic E-state index is 12.1. The van der Waals surface area contributed by atoms with Crippen molar-refractivity contribution < 1.29 is 4.79 Å². The number of hydrogen-bond acceptors (Lipinski definition) is 2. The van der Waals surface area contributed by atoms with E-state index in [9.17, 15) is 4.79 Å². The fourth-order valence-electron chi connectivity index (χ4n) is 2.63. The van der Waals surface area contributed by atoms with Crippen molar-refractivity contribution in [2.75, 3.05) is 13.1 Å². The van der Waals surface area contributed by atoms with Crippen molar-refractivity contribution in [3.05, 3.63) is 0 Å². The lowest BCUT2D eigenvalue weighted by atomic mass is 9.77. The van der Waals surface area contributed by atoms with Gasteiger partial charge in [-0.25, -0.2) is 0 Å². The van der Waals surface area contributed by atoms with E-state index >= 15 is 0 Å². The second-order valence-electron chi connectivity index (χ2n) is 6.33. The van der Waals surface area contributed by atoms with Gasteiger partial charge >= 0.3 is 0 Å². The maximum Gasteiger partial charge on any atom is 0.240 e. The molecular formula is C15H26N2O. The molecule has 1 heterocycles. The molecule has 3 heteroatoms. The first kappa shape index (κ1) is 15.0. The second kappa shape index (κ2) is 6.24. The highest BCUT2D eigenvalue weighted by molar-refractivity contribution is 5.82. The van der Waals surface area contributed by atoms with Crippen LogP contribution in [0.25, 0.3) is 0 Å². The molecule has 18 heavy (non-hydrogen) atoms. The summed E-state index contributed by atoms with van der Waals surface area (Å²) >= 11 is 0. The first-order valence-corrected chi connectivity index (χ1v) is 6.84. The standard InChI is InChI=1S/C15H26N2O/c1-5-7-13(16)14(18)17-10-6-8-12(9-11-17)15(2,3)4/h1,12-13H,6-11,16H2,2-4H3. The third-order valence-corrected chi connectivity index (χ3v) is 3.92. The Hall–Kier alpha value is -1.01. The van der Waals surface area contributed by atoms with Gasteiger partial charge in [0, 0.05) is 19.5 Å². The summed E-state index contributed by atoms with van der Waals surface area (Å²) in [6.07, 6.45) is 8.86. The zero-order chi connectivity index (χ0) is 13.8. The molecule has 0 radical (unpaired) electrons. The lowest BCUT2D eigenvalue weighted by molar-refractivity contribution is -0.132. The van der Waals surface area contributed by atoms with Gasteiger partial charge in [-0.1, -0.05) is 20.8 Å². The predicted molar refractivity (Wildman–Crippen MR) is 74.8 cm³/mol. The average molecular weight is 250 g/mol. The van der Waals surface area contributed by atoms with Gasteiger partial charge < -0.3 is 10.6 Å². The van der Waals surface area contributed by atoms with Crippen LogP contribution >= 0.6 is 0 Å². The van der Waals surface area contributed by atoms with Crippen LogP contribution in [0.15, 0.2) is 0 Å². The minimum Gasteiger partial charge on any atom is -0.341 e. The van der Waals surface area contributed by atoms with Gasteiger partial charge in [-0.2, -0.15) is 0 Å². The van der Waals surface area contributed by atoms with Crippen molar-refractivity contribution >= 4 is 5.91 Å². The van der Waals surface area contributed by atoms with Crippen LogP contribution in [0.1, 0.15) is 46.5 Å². The fraction of sp³-hybridized carbons (Fsp3) is 0.800. The van der Waals surface area contributed by atoms with E-state index in [2.05, 4.69) is 26.7 Å². The highest BCUT2D eigenvalue weighted by Crippen LogP contribution is 2.34. The van der Waals surface area contributed by atoms with Gasteiger partial charge in [0.15, 0.2) is 0 Å². The highest BCUT2D eigenvalue weighted by atomic mass is 16.2. The van der Waals surface area contributed by atoms with Crippen LogP contribution in [-0.2, 0) is 4.79 Å². The van der Waals surface area contributed by atoms with Crippen molar-refractivity contribution in [2.24, 2.45) is 17.1 Å². The molecule has 1 aliphatic rings. The highest BCUT2D eigenvalue weighted by Gasteiger charge is 2.29. The van der Waals surface area contributed by atoms with Gasteiger partial charge in [0.2, 0.25) is 5.91 Å². The number of carbonyl (C=O) groups excluding carboxylic acids is 1. The molecule has 0 aromatic heterocycles. The van der Waals surface area contributed by atoms with Crippen LogP contribution in [-0.4, -0.2) is 29.9 Å². The van der Waals surface area contributed by atoms with E-state index in [1.54, 1.807) is 0 Å². The summed E-state index contributed by atoms with van der Waals surface area (Å²) in [7, 11) is 0. The molecule has 0 spiro atoms. The molecule has 2 N–H and O–H groups in total. The lowest BCUT2D eigenvalue weighted by Crippen LogP contribution is -2.44. The molecule has 1 aliphatic heterocycles. The number of terminal acetylenes is 1. The van der Waals surface area contributed by atoms with Crippen molar-refractivity contribution in [1.29, 1.82) is 0 Å². The van der Waals surface area contributed by atoms with E-state index in [4.69, 9.17) is 12.2 Å². The minimum atomic E-state index is -0.527. The van der Waals surface area contributed by atoms with Gasteiger partial charge in [-0.05, 0) is 30.6 Å².